The maximum Gasteiger partial charge on any atom is 0.409 e. The molecule has 28 heavy (non-hydrogen) atoms. The Kier molecular flexibility index (Phi) is 6.47. The summed E-state index contributed by atoms with van der Waals surface area (Å²) in [6.07, 6.45) is 2.83. The van der Waals surface area contributed by atoms with Gasteiger partial charge >= 0.3 is 6.09 Å². The lowest BCUT2D eigenvalue weighted by molar-refractivity contribution is 0.0856. The lowest BCUT2D eigenvalue weighted by atomic mass is 10.1. The van der Waals surface area contributed by atoms with Crippen LogP contribution in [0.4, 0.5) is 16.2 Å². The molecule has 0 atom stereocenters. The van der Waals surface area contributed by atoms with Crippen molar-refractivity contribution >= 4 is 23.4 Å². The van der Waals surface area contributed by atoms with Crippen LogP contribution in [0.25, 0.3) is 0 Å². The number of piperidine rings is 1. The van der Waals surface area contributed by atoms with E-state index < -0.39 is 0 Å². The number of carbonyl (C=O) groups excluding carboxylic acids is 2. The van der Waals surface area contributed by atoms with E-state index in [-0.39, 0.29) is 18.0 Å². The summed E-state index contributed by atoms with van der Waals surface area (Å²) in [5.74, 6) is -0.191. The molecule has 1 aliphatic rings. The highest BCUT2D eigenvalue weighted by Crippen LogP contribution is 2.22. The second kappa shape index (κ2) is 9.21. The zero-order chi connectivity index (χ0) is 19.9. The highest BCUT2D eigenvalue weighted by atomic mass is 16.6. The van der Waals surface area contributed by atoms with E-state index in [0.29, 0.717) is 38.2 Å². The molecular weight excluding hydrogens is 356 g/mol. The van der Waals surface area contributed by atoms with E-state index in [1.165, 1.54) is 0 Å². The largest absolute Gasteiger partial charge is 0.450 e. The summed E-state index contributed by atoms with van der Waals surface area (Å²) in [5, 5.41) is 3.01. The third-order valence-electron chi connectivity index (χ3n) is 4.87. The number of hydrogen-bond donors (Lipinski definition) is 1. The van der Waals surface area contributed by atoms with Gasteiger partial charge < -0.3 is 19.9 Å². The molecule has 148 valence electrons. The average molecular weight is 382 g/mol. The quantitative estimate of drug-likeness (QED) is 0.860. The summed E-state index contributed by atoms with van der Waals surface area (Å²) in [4.78, 5) is 32.2. The summed E-state index contributed by atoms with van der Waals surface area (Å²) in [7, 11) is 1.96. The fourth-order valence-corrected chi connectivity index (χ4v) is 3.20. The first kappa shape index (κ1) is 19.7. The van der Waals surface area contributed by atoms with Crippen LogP contribution < -0.4 is 10.2 Å². The maximum atomic E-state index is 12.5. The number of rotatable bonds is 5. The van der Waals surface area contributed by atoms with Crippen molar-refractivity contribution in [2.45, 2.75) is 25.8 Å². The predicted octanol–water partition coefficient (Wildman–Crippen LogP) is 3.20. The number of carbonyl (C=O) groups is 2. The molecule has 1 saturated heterocycles. The van der Waals surface area contributed by atoms with Gasteiger partial charge in [0.2, 0.25) is 0 Å². The third kappa shape index (κ3) is 4.79. The Balaban J connectivity index is 1.53. The minimum atomic E-state index is -0.285. The van der Waals surface area contributed by atoms with Crippen molar-refractivity contribution in [1.82, 2.24) is 15.2 Å². The lowest BCUT2D eigenvalue weighted by Gasteiger charge is -2.31. The van der Waals surface area contributed by atoms with E-state index in [2.05, 4.69) is 10.3 Å². The maximum absolute atomic E-state index is 12.5. The van der Waals surface area contributed by atoms with Crippen LogP contribution in [0.15, 0.2) is 48.7 Å². The summed E-state index contributed by atoms with van der Waals surface area (Å²) in [6, 6.07) is 13.6. The van der Waals surface area contributed by atoms with Crippen LogP contribution >= 0.6 is 0 Å². The van der Waals surface area contributed by atoms with Crippen molar-refractivity contribution in [2.24, 2.45) is 0 Å². The Morgan fingerprint density at radius 2 is 1.86 bits per heavy atom. The molecule has 2 amide bonds. The molecule has 2 aromatic rings. The summed E-state index contributed by atoms with van der Waals surface area (Å²) < 4.78 is 5.02. The number of ether oxygens (including phenoxy) is 1. The standard InChI is InChI=1S/C21H26N4O3/c1-3-28-21(27)25-13-11-16(12-14-25)23-20(26)19-10-9-18(15-22-19)24(2)17-7-5-4-6-8-17/h4-10,15-16H,3,11-14H2,1-2H3,(H,23,26). The zero-order valence-electron chi connectivity index (χ0n) is 16.3. The molecule has 1 fully saturated rings. The van der Waals surface area contributed by atoms with E-state index in [4.69, 9.17) is 4.74 Å². The molecule has 1 aliphatic heterocycles. The fourth-order valence-electron chi connectivity index (χ4n) is 3.20. The topological polar surface area (TPSA) is 74.8 Å². The molecular formula is C21H26N4O3. The first-order valence-corrected chi connectivity index (χ1v) is 9.56. The zero-order valence-corrected chi connectivity index (χ0v) is 16.3. The number of nitrogens with zero attached hydrogens (tertiary/aromatic N) is 3. The summed E-state index contributed by atoms with van der Waals surface area (Å²) in [6.45, 7) is 3.33. The number of hydrogen-bond acceptors (Lipinski definition) is 5. The van der Waals surface area contributed by atoms with Gasteiger partial charge in [-0.05, 0) is 44.0 Å². The first-order valence-electron chi connectivity index (χ1n) is 9.56. The van der Waals surface area contributed by atoms with Gasteiger partial charge in [0.05, 0.1) is 18.5 Å². The molecule has 7 heteroatoms. The number of amides is 2. The lowest BCUT2D eigenvalue weighted by Crippen LogP contribution is -2.46. The van der Waals surface area contributed by atoms with Crippen molar-refractivity contribution < 1.29 is 14.3 Å². The van der Waals surface area contributed by atoms with E-state index >= 15 is 0 Å². The Morgan fingerprint density at radius 1 is 1.14 bits per heavy atom. The summed E-state index contributed by atoms with van der Waals surface area (Å²) >= 11 is 0. The van der Waals surface area contributed by atoms with Gasteiger partial charge in [0.1, 0.15) is 5.69 Å². The average Bonchev–Trinajstić information content (AvgIpc) is 2.74. The Labute approximate surface area is 165 Å². The molecule has 0 radical (unpaired) electrons. The van der Waals surface area contributed by atoms with Crippen LogP contribution in [0.5, 0.6) is 0 Å². The second-order valence-corrected chi connectivity index (χ2v) is 6.73. The Bertz CT molecular complexity index is 787. The van der Waals surface area contributed by atoms with Crippen molar-refractivity contribution in [3.8, 4) is 0 Å². The van der Waals surface area contributed by atoms with Crippen molar-refractivity contribution in [3.05, 3.63) is 54.4 Å². The molecule has 2 heterocycles. The van der Waals surface area contributed by atoms with Gasteiger partial charge in [0.25, 0.3) is 5.91 Å². The SMILES string of the molecule is CCOC(=O)N1CCC(NC(=O)c2ccc(N(C)c3ccccc3)cn2)CC1. The monoisotopic (exact) mass is 382 g/mol. The van der Waals surface area contributed by atoms with Crippen molar-refractivity contribution in [3.63, 3.8) is 0 Å². The number of nitrogens with one attached hydrogen (secondary N) is 1. The Morgan fingerprint density at radius 3 is 2.46 bits per heavy atom. The number of aromatic nitrogens is 1. The number of benzene rings is 1. The van der Waals surface area contributed by atoms with Gasteiger partial charge in [0, 0.05) is 31.9 Å². The number of likely N-dealkylation sites (tertiary alicyclic amines) is 1. The molecule has 1 aromatic heterocycles. The Hall–Kier alpha value is -3.09. The molecule has 3 rings (SSSR count). The van der Waals surface area contributed by atoms with E-state index in [1.54, 1.807) is 24.1 Å². The molecule has 0 aliphatic carbocycles. The van der Waals surface area contributed by atoms with Crippen molar-refractivity contribution in [2.75, 3.05) is 31.6 Å². The first-order chi connectivity index (χ1) is 13.6. The number of para-hydroxylation sites is 1. The van der Waals surface area contributed by atoms with Crippen LogP contribution in [0.3, 0.4) is 0 Å². The predicted molar refractivity (Wildman–Crippen MR) is 108 cm³/mol. The van der Waals surface area contributed by atoms with Gasteiger partial charge in [-0.1, -0.05) is 18.2 Å². The molecule has 1 aromatic carbocycles. The molecule has 7 nitrogen and oxygen atoms in total. The van der Waals surface area contributed by atoms with Crippen LogP contribution in [-0.2, 0) is 4.74 Å². The molecule has 1 N–H and O–H groups in total. The number of anilines is 2. The van der Waals surface area contributed by atoms with Crippen molar-refractivity contribution in [1.29, 1.82) is 0 Å². The van der Waals surface area contributed by atoms with Crippen LogP contribution in [0.2, 0.25) is 0 Å². The second-order valence-electron chi connectivity index (χ2n) is 6.73. The molecule has 0 saturated carbocycles. The minimum Gasteiger partial charge on any atom is -0.450 e. The van der Waals surface area contributed by atoms with Gasteiger partial charge in [0.15, 0.2) is 0 Å². The van der Waals surface area contributed by atoms with Crippen LogP contribution in [0.1, 0.15) is 30.3 Å². The van der Waals surface area contributed by atoms with Crippen LogP contribution in [0, 0.1) is 0 Å². The smallest absolute Gasteiger partial charge is 0.409 e. The van der Waals surface area contributed by atoms with Gasteiger partial charge in [-0.15, -0.1) is 0 Å². The van der Waals surface area contributed by atoms with E-state index in [0.717, 1.165) is 11.4 Å². The molecule has 0 unspecified atom stereocenters. The number of pyridine rings is 1. The fraction of sp³-hybridized carbons (Fsp3) is 0.381. The van der Waals surface area contributed by atoms with Gasteiger partial charge in [-0.25, -0.2) is 9.78 Å². The molecule has 0 spiro atoms. The van der Waals surface area contributed by atoms with E-state index in [9.17, 15) is 9.59 Å². The van der Waals surface area contributed by atoms with Gasteiger partial charge in [-0.3, -0.25) is 4.79 Å². The van der Waals surface area contributed by atoms with Crippen LogP contribution in [-0.4, -0.2) is 54.7 Å². The van der Waals surface area contributed by atoms with Gasteiger partial charge in [-0.2, -0.15) is 0 Å². The highest BCUT2D eigenvalue weighted by molar-refractivity contribution is 5.92. The summed E-state index contributed by atoms with van der Waals surface area (Å²) in [5.41, 5.74) is 2.35. The molecule has 0 bridgehead atoms. The highest BCUT2D eigenvalue weighted by Gasteiger charge is 2.25. The third-order valence-corrected chi connectivity index (χ3v) is 4.87. The van der Waals surface area contributed by atoms with E-state index in [1.807, 2.05) is 48.3 Å². The normalized spacial score (nSPS) is 14.4. The minimum absolute atomic E-state index is 0.0339.